The van der Waals surface area contributed by atoms with Gasteiger partial charge < -0.3 is 5.73 Å². The number of rotatable bonds is 5. The van der Waals surface area contributed by atoms with Gasteiger partial charge in [-0.3, -0.25) is 0 Å². The maximum atomic E-state index is 5.97. The van der Waals surface area contributed by atoms with Gasteiger partial charge in [-0.2, -0.15) is 0 Å². The third-order valence-corrected chi connectivity index (χ3v) is 3.19. The van der Waals surface area contributed by atoms with Crippen LogP contribution < -0.4 is 5.73 Å². The second kappa shape index (κ2) is 7.16. The van der Waals surface area contributed by atoms with Crippen LogP contribution in [0.5, 0.6) is 0 Å². The predicted molar refractivity (Wildman–Crippen MR) is 76.6 cm³/mol. The standard InChI is InChI=1S/C16H25N/c1-4-6-8-15-10-9-13(3)16(17)12-11-14(15)7-5-2/h9-12H,4-8,17H2,1-3H3/b10-9?,12-11?,13-9+,14-11+,15-10+,15-14?,16-12-,16-13?. The lowest BCUT2D eigenvalue weighted by Gasteiger charge is -2.13. The van der Waals surface area contributed by atoms with Gasteiger partial charge in [0.2, 0.25) is 0 Å². The molecule has 0 amide bonds. The Morgan fingerprint density at radius 1 is 0.882 bits per heavy atom. The van der Waals surface area contributed by atoms with Crippen LogP contribution in [-0.2, 0) is 0 Å². The van der Waals surface area contributed by atoms with Crippen molar-refractivity contribution in [2.45, 2.75) is 52.9 Å². The second-order valence-electron chi connectivity index (χ2n) is 4.71. The Hall–Kier alpha value is -1.24. The minimum atomic E-state index is 0.879. The average Bonchev–Trinajstić information content (AvgIpc) is 2.33. The van der Waals surface area contributed by atoms with Crippen molar-refractivity contribution < 1.29 is 0 Å². The fraction of sp³-hybridized carbons (Fsp3) is 0.500. The Morgan fingerprint density at radius 2 is 1.53 bits per heavy atom. The molecule has 0 saturated heterocycles. The van der Waals surface area contributed by atoms with Crippen LogP contribution in [0, 0.1) is 0 Å². The summed E-state index contributed by atoms with van der Waals surface area (Å²) in [6, 6.07) is 0. The fourth-order valence-corrected chi connectivity index (χ4v) is 1.98. The van der Waals surface area contributed by atoms with E-state index < -0.39 is 0 Å². The number of nitrogens with two attached hydrogens (primary N) is 1. The maximum Gasteiger partial charge on any atom is 0.0343 e. The summed E-state index contributed by atoms with van der Waals surface area (Å²) in [4.78, 5) is 0. The highest BCUT2D eigenvalue weighted by Crippen LogP contribution is 2.24. The Balaban J connectivity index is 2.95. The van der Waals surface area contributed by atoms with E-state index in [0.717, 1.165) is 17.7 Å². The summed E-state index contributed by atoms with van der Waals surface area (Å²) in [5, 5.41) is 0. The first kappa shape index (κ1) is 13.8. The normalized spacial score (nSPS) is 28.6. The molecule has 17 heavy (non-hydrogen) atoms. The third-order valence-electron chi connectivity index (χ3n) is 3.19. The zero-order valence-corrected chi connectivity index (χ0v) is 11.4. The van der Waals surface area contributed by atoms with Crippen molar-refractivity contribution in [3.63, 3.8) is 0 Å². The first-order valence-corrected chi connectivity index (χ1v) is 6.73. The lowest BCUT2D eigenvalue weighted by molar-refractivity contribution is 0.776. The smallest absolute Gasteiger partial charge is 0.0343 e. The molecule has 0 atom stereocenters. The molecule has 1 nitrogen and oxygen atoms in total. The summed E-state index contributed by atoms with van der Waals surface area (Å²) in [5.74, 6) is 0. The number of unbranched alkanes of at least 4 members (excludes halogenated alkanes) is 1. The topological polar surface area (TPSA) is 26.0 Å². The Bertz CT molecular complexity index is 367. The van der Waals surface area contributed by atoms with Crippen LogP contribution in [0.15, 0.2) is 46.7 Å². The van der Waals surface area contributed by atoms with Crippen molar-refractivity contribution in [3.05, 3.63) is 46.7 Å². The van der Waals surface area contributed by atoms with E-state index in [1.165, 1.54) is 36.8 Å². The van der Waals surface area contributed by atoms with E-state index in [1.807, 2.05) is 0 Å². The molecular formula is C16H25N. The number of hydrogen-bond donors (Lipinski definition) is 1. The van der Waals surface area contributed by atoms with Gasteiger partial charge in [0.25, 0.3) is 0 Å². The predicted octanol–water partition coefficient (Wildman–Crippen LogP) is 4.63. The summed E-state index contributed by atoms with van der Waals surface area (Å²) < 4.78 is 0. The Labute approximate surface area is 106 Å². The molecule has 0 radical (unpaired) electrons. The summed E-state index contributed by atoms with van der Waals surface area (Å²) in [6.07, 6.45) is 14.7. The van der Waals surface area contributed by atoms with Crippen LogP contribution in [0.4, 0.5) is 0 Å². The molecule has 0 aliphatic heterocycles. The van der Waals surface area contributed by atoms with Crippen molar-refractivity contribution in [2.75, 3.05) is 0 Å². The van der Waals surface area contributed by atoms with Gasteiger partial charge in [-0.1, -0.05) is 44.9 Å². The molecule has 0 unspecified atom stereocenters. The van der Waals surface area contributed by atoms with Crippen LogP contribution in [0.25, 0.3) is 0 Å². The van der Waals surface area contributed by atoms with Crippen LogP contribution in [-0.4, -0.2) is 0 Å². The second-order valence-corrected chi connectivity index (χ2v) is 4.71. The molecule has 94 valence electrons. The van der Waals surface area contributed by atoms with Gasteiger partial charge in [0.15, 0.2) is 0 Å². The molecule has 0 fully saturated rings. The van der Waals surface area contributed by atoms with Gasteiger partial charge in [0.1, 0.15) is 0 Å². The molecule has 1 aliphatic carbocycles. The largest absolute Gasteiger partial charge is 0.399 e. The zero-order chi connectivity index (χ0) is 12.7. The van der Waals surface area contributed by atoms with Gasteiger partial charge in [0, 0.05) is 5.70 Å². The monoisotopic (exact) mass is 231 g/mol. The van der Waals surface area contributed by atoms with Crippen LogP contribution in [0.1, 0.15) is 52.9 Å². The summed E-state index contributed by atoms with van der Waals surface area (Å²) in [7, 11) is 0. The highest BCUT2D eigenvalue weighted by atomic mass is 14.6. The van der Waals surface area contributed by atoms with Crippen LogP contribution in [0.2, 0.25) is 0 Å². The molecule has 2 N–H and O–H groups in total. The van der Waals surface area contributed by atoms with Crippen molar-refractivity contribution >= 4 is 0 Å². The SMILES string of the molecule is CCCCC1=C\C=C(C)\C(N)=C\C=C\1CCC. The molecular weight excluding hydrogens is 206 g/mol. The van der Waals surface area contributed by atoms with E-state index >= 15 is 0 Å². The van der Waals surface area contributed by atoms with Gasteiger partial charge in [-0.15, -0.1) is 0 Å². The molecule has 0 aromatic heterocycles. The van der Waals surface area contributed by atoms with E-state index in [9.17, 15) is 0 Å². The molecule has 0 heterocycles. The first-order chi connectivity index (χ1) is 8.19. The summed E-state index contributed by atoms with van der Waals surface area (Å²) in [6.45, 7) is 6.54. The zero-order valence-electron chi connectivity index (χ0n) is 11.4. The quantitative estimate of drug-likeness (QED) is 0.733. The van der Waals surface area contributed by atoms with Gasteiger partial charge in [-0.05, 0) is 49.0 Å². The van der Waals surface area contributed by atoms with Crippen LogP contribution in [0.3, 0.4) is 0 Å². The van der Waals surface area contributed by atoms with E-state index in [4.69, 9.17) is 5.73 Å². The average molecular weight is 231 g/mol. The van der Waals surface area contributed by atoms with Gasteiger partial charge >= 0.3 is 0 Å². The van der Waals surface area contributed by atoms with E-state index in [1.54, 1.807) is 0 Å². The van der Waals surface area contributed by atoms with Gasteiger partial charge in [-0.25, -0.2) is 0 Å². The lowest BCUT2D eigenvalue weighted by Crippen LogP contribution is -2.00. The van der Waals surface area contributed by atoms with Crippen molar-refractivity contribution in [1.29, 1.82) is 0 Å². The summed E-state index contributed by atoms with van der Waals surface area (Å²) >= 11 is 0. The molecule has 0 saturated carbocycles. The van der Waals surface area contributed by atoms with Crippen molar-refractivity contribution in [1.82, 2.24) is 0 Å². The molecule has 0 aromatic carbocycles. The highest BCUT2D eigenvalue weighted by molar-refractivity contribution is 5.43. The minimum Gasteiger partial charge on any atom is -0.399 e. The molecule has 0 spiro atoms. The fourth-order valence-electron chi connectivity index (χ4n) is 1.98. The first-order valence-electron chi connectivity index (χ1n) is 6.73. The minimum absolute atomic E-state index is 0.879. The maximum absolute atomic E-state index is 5.97. The van der Waals surface area contributed by atoms with Gasteiger partial charge in [0.05, 0.1) is 0 Å². The van der Waals surface area contributed by atoms with Crippen molar-refractivity contribution in [3.8, 4) is 0 Å². The molecule has 1 rings (SSSR count). The lowest BCUT2D eigenvalue weighted by atomic mass is 9.94. The number of hydrogen-bond acceptors (Lipinski definition) is 1. The van der Waals surface area contributed by atoms with E-state index in [-0.39, 0.29) is 0 Å². The van der Waals surface area contributed by atoms with Crippen molar-refractivity contribution in [2.24, 2.45) is 5.73 Å². The van der Waals surface area contributed by atoms with E-state index in [2.05, 4.69) is 45.1 Å². The molecule has 0 bridgehead atoms. The Morgan fingerprint density at radius 3 is 2.18 bits per heavy atom. The molecule has 0 aromatic rings. The molecule has 1 heteroatoms. The van der Waals surface area contributed by atoms with E-state index in [0.29, 0.717) is 0 Å². The Kier molecular flexibility index (Phi) is 5.82. The van der Waals surface area contributed by atoms with Crippen LogP contribution >= 0.6 is 0 Å². The third kappa shape index (κ3) is 4.26. The highest BCUT2D eigenvalue weighted by Gasteiger charge is 2.05. The number of allylic oxidation sites excluding steroid dienone is 7. The summed E-state index contributed by atoms with van der Waals surface area (Å²) in [5.41, 5.74) is 10.9. The molecule has 1 aliphatic rings.